The number of halogens is 2. The van der Waals surface area contributed by atoms with Gasteiger partial charge in [0, 0.05) is 37.1 Å². The number of benzene rings is 2. The second-order valence-electron chi connectivity index (χ2n) is 5.80. The zero-order valence-corrected chi connectivity index (χ0v) is 13.7. The van der Waals surface area contributed by atoms with Crippen LogP contribution < -0.4 is 0 Å². The van der Waals surface area contributed by atoms with E-state index in [0.717, 1.165) is 5.56 Å². The molecule has 4 nitrogen and oxygen atoms in total. The van der Waals surface area contributed by atoms with Gasteiger partial charge in [-0.2, -0.15) is 0 Å². The fraction of sp³-hybridized carbons (Fsp3) is 0.158. The minimum Gasteiger partial charge on any atom is -0.337 e. The van der Waals surface area contributed by atoms with Crippen LogP contribution in [0.4, 0.5) is 8.78 Å². The van der Waals surface area contributed by atoms with Crippen molar-refractivity contribution in [3.63, 3.8) is 0 Å². The molecule has 0 aliphatic carbocycles. The molecule has 0 unspecified atom stereocenters. The second kappa shape index (κ2) is 7.25. The summed E-state index contributed by atoms with van der Waals surface area (Å²) in [6, 6.07) is 10.8. The SMILES string of the molecule is CN(Cc1c(F)cccc1F)C(=O)c1cccc(Cn2ccnc2)c1. The van der Waals surface area contributed by atoms with Gasteiger partial charge in [-0.1, -0.05) is 18.2 Å². The van der Waals surface area contributed by atoms with Crippen LogP contribution in [0.1, 0.15) is 21.5 Å². The van der Waals surface area contributed by atoms with Gasteiger partial charge in [-0.25, -0.2) is 13.8 Å². The molecule has 1 heterocycles. The molecular weight excluding hydrogens is 324 g/mol. The quantitative estimate of drug-likeness (QED) is 0.713. The first-order valence-electron chi connectivity index (χ1n) is 7.77. The summed E-state index contributed by atoms with van der Waals surface area (Å²) in [5.74, 6) is -1.61. The van der Waals surface area contributed by atoms with E-state index in [1.54, 1.807) is 30.7 Å². The van der Waals surface area contributed by atoms with Crippen LogP contribution in [0.2, 0.25) is 0 Å². The van der Waals surface area contributed by atoms with Crippen molar-refractivity contribution in [3.8, 4) is 0 Å². The number of carbonyl (C=O) groups is 1. The highest BCUT2D eigenvalue weighted by Crippen LogP contribution is 2.16. The van der Waals surface area contributed by atoms with Crippen molar-refractivity contribution in [3.05, 3.63) is 89.5 Å². The fourth-order valence-electron chi connectivity index (χ4n) is 2.61. The third-order valence-electron chi connectivity index (χ3n) is 3.90. The highest BCUT2D eigenvalue weighted by molar-refractivity contribution is 5.94. The van der Waals surface area contributed by atoms with Crippen LogP contribution >= 0.6 is 0 Å². The Kier molecular flexibility index (Phi) is 4.88. The number of amides is 1. The van der Waals surface area contributed by atoms with Crippen LogP contribution in [0.3, 0.4) is 0 Å². The Balaban J connectivity index is 1.76. The molecule has 0 bridgehead atoms. The number of nitrogens with zero attached hydrogens (tertiary/aromatic N) is 3. The van der Waals surface area contributed by atoms with E-state index in [2.05, 4.69) is 4.98 Å². The van der Waals surface area contributed by atoms with Crippen LogP contribution in [-0.4, -0.2) is 27.4 Å². The van der Waals surface area contributed by atoms with Gasteiger partial charge in [0.05, 0.1) is 12.9 Å². The predicted molar refractivity (Wildman–Crippen MR) is 89.9 cm³/mol. The lowest BCUT2D eigenvalue weighted by atomic mass is 10.1. The molecule has 0 radical (unpaired) electrons. The molecule has 0 fully saturated rings. The van der Waals surface area contributed by atoms with Gasteiger partial charge >= 0.3 is 0 Å². The third-order valence-corrected chi connectivity index (χ3v) is 3.90. The van der Waals surface area contributed by atoms with Crippen LogP contribution in [0, 0.1) is 11.6 Å². The molecule has 128 valence electrons. The predicted octanol–water partition coefficient (Wildman–Crippen LogP) is 3.48. The molecular formula is C19H17F2N3O. The molecule has 0 spiro atoms. The zero-order chi connectivity index (χ0) is 17.8. The first-order chi connectivity index (χ1) is 12.0. The Labute approximate surface area is 144 Å². The highest BCUT2D eigenvalue weighted by atomic mass is 19.1. The van der Waals surface area contributed by atoms with Gasteiger partial charge in [-0.05, 0) is 29.8 Å². The fourth-order valence-corrected chi connectivity index (χ4v) is 2.61. The van der Waals surface area contributed by atoms with Gasteiger partial charge in [-0.15, -0.1) is 0 Å². The summed E-state index contributed by atoms with van der Waals surface area (Å²) in [7, 11) is 1.52. The molecule has 0 saturated carbocycles. The van der Waals surface area contributed by atoms with Gasteiger partial charge in [-0.3, -0.25) is 4.79 Å². The minimum absolute atomic E-state index is 0.118. The largest absolute Gasteiger partial charge is 0.337 e. The lowest BCUT2D eigenvalue weighted by Crippen LogP contribution is -2.27. The number of hydrogen-bond acceptors (Lipinski definition) is 2. The summed E-state index contributed by atoms with van der Waals surface area (Å²) in [5.41, 5.74) is 1.29. The zero-order valence-electron chi connectivity index (χ0n) is 13.7. The normalized spacial score (nSPS) is 10.7. The van der Waals surface area contributed by atoms with Crippen LogP contribution in [0.15, 0.2) is 61.2 Å². The maximum atomic E-state index is 13.8. The van der Waals surface area contributed by atoms with Crippen molar-refractivity contribution in [2.75, 3.05) is 7.05 Å². The highest BCUT2D eigenvalue weighted by Gasteiger charge is 2.16. The van der Waals surface area contributed by atoms with E-state index < -0.39 is 11.6 Å². The van der Waals surface area contributed by atoms with E-state index in [-0.39, 0.29) is 18.0 Å². The van der Waals surface area contributed by atoms with Crippen LogP contribution in [0.5, 0.6) is 0 Å². The van der Waals surface area contributed by atoms with Gasteiger partial charge in [0.1, 0.15) is 11.6 Å². The Morgan fingerprint density at radius 1 is 1.16 bits per heavy atom. The first kappa shape index (κ1) is 16.8. The van der Waals surface area contributed by atoms with E-state index in [0.29, 0.717) is 12.1 Å². The standard InChI is InChI=1S/C19H17F2N3O/c1-23(12-16-17(20)6-3-7-18(16)21)19(25)15-5-2-4-14(10-15)11-24-9-8-22-13-24/h2-10,13H,11-12H2,1H3. The molecule has 2 aromatic carbocycles. The summed E-state index contributed by atoms with van der Waals surface area (Å²) in [4.78, 5) is 17.9. The van der Waals surface area contributed by atoms with Crippen molar-refractivity contribution >= 4 is 5.91 Å². The molecule has 25 heavy (non-hydrogen) atoms. The van der Waals surface area contributed by atoms with Gasteiger partial charge in [0.15, 0.2) is 0 Å². The average molecular weight is 341 g/mol. The van der Waals surface area contributed by atoms with E-state index in [1.165, 1.54) is 30.1 Å². The summed E-state index contributed by atoms with van der Waals surface area (Å²) < 4.78 is 29.4. The minimum atomic E-state index is -0.659. The summed E-state index contributed by atoms with van der Waals surface area (Å²) in [5, 5.41) is 0. The lowest BCUT2D eigenvalue weighted by Gasteiger charge is -2.18. The molecule has 0 saturated heterocycles. The van der Waals surface area contributed by atoms with Crippen molar-refractivity contribution in [2.24, 2.45) is 0 Å². The van der Waals surface area contributed by atoms with Crippen molar-refractivity contribution in [1.29, 1.82) is 0 Å². The Hall–Kier alpha value is -3.02. The first-order valence-corrected chi connectivity index (χ1v) is 7.77. The van der Waals surface area contributed by atoms with E-state index in [9.17, 15) is 13.6 Å². The van der Waals surface area contributed by atoms with Gasteiger partial charge in [0.25, 0.3) is 5.91 Å². The number of hydrogen-bond donors (Lipinski definition) is 0. The monoisotopic (exact) mass is 341 g/mol. The van der Waals surface area contributed by atoms with Crippen molar-refractivity contribution < 1.29 is 13.6 Å². The third kappa shape index (κ3) is 3.91. The topological polar surface area (TPSA) is 38.1 Å². The Morgan fingerprint density at radius 3 is 2.56 bits per heavy atom. The van der Waals surface area contributed by atoms with E-state index >= 15 is 0 Å². The maximum Gasteiger partial charge on any atom is 0.253 e. The Morgan fingerprint density at radius 2 is 1.88 bits per heavy atom. The number of aromatic nitrogens is 2. The van der Waals surface area contributed by atoms with Crippen LogP contribution in [0.25, 0.3) is 0 Å². The van der Waals surface area contributed by atoms with Gasteiger partial charge < -0.3 is 9.47 Å². The number of imidazole rings is 1. The molecule has 1 amide bonds. The molecule has 0 atom stereocenters. The molecule has 3 aromatic rings. The molecule has 0 aliphatic heterocycles. The van der Waals surface area contributed by atoms with E-state index in [4.69, 9.17) is 0 Å². The number of rotatable bonds is 5. The smallest absolute Gasteiger partial charge is 0.253 e. The summed E-state index contributed by atoms with van der Waals surface area (Å²) in [6.07, 6.45) is 5.22. The van der Waals surface area contributed by atoms with Crippen LogP contribution in [-0.2, 0) is 13.1 Å². The Bertz CT molecular complexity index is 858. The average Bonchev–Trinajstić information content (AvgIpc) is 3.10. The molecule has 0 N–H and O–H groups in total. The molecule has 6 heteroatoms. The van der Waals surface area contributed by atoms with E-state index in [1.807, 2.05) is 16.8 Å². The second-order valence-corrected chi connectivity index (χ2v) is 5.80. The summed E-state index contributed by atoms with van der Waals surface area (Å²) >= 11 is 0. The molecule has 0 aliphatic rings. The van der Waals surface area contributed by atoms with Crippen molar-refractivity contribution in [2.45, 2.75) is 13.1 Å². The van der Waals surface area contributed by atoms with Gasteiger partial charge in [0.2, 0.25) is 0 Å². The lowest BCUT2D eigenvalue weighted by molar-refractivity contribution is 0.0782. The van der Waals surface area contributed by atoms with Crippen molar-refractivity contribution in [1.82, 2.24) is 14.5 Å². The molecule has 1 aromatic heterocycles. The molecule has 3 rings (SSSR count). The summed E-state index contributed by atoms with van der Waals surface area (Å²) in [6.45, 7) is 0.454. The number of carbonyl (C=O) groups excluding carboxylic acids is 1. The maximum absolute atomic E-state index is 13.8.